The molecule has 0 aliphatic heterocycles. The molecule has 0 heterocycles. The van der Waals surface area contributed by atoms with Gasteiger partial charge in [0.15, 0.2) is 0 Å². The Kier molecular flexibility index (Phi) is 8.11. The Balaban J connectivity index is 2.07. The Bertz CT molecular complexity index is 1060. The average molecular weight is 473 g/mol. The highest BCUT2D eigenvalue weighted by Gasteiger charge is 2.20. The van der Waals surface area contributed by atoms with E-state index in [9.17, 15) is 18.0 Å². The summed E-state index contributed by atoms with van der Waals surface area (Å²) in [6.07, 6.45) is 1.41. The van der Waals surface area contributed by atoms with Crippen molar-refractivity contribution in [2.75, 3.05) is 29.5 Å². The number of halogens is 2. The lowest BCUT2D eigenvalue weighted by Gasteiger charge is -2.24. The van der Waals surface area contributed by atoms with Gasteiger partial charge in [0.05, 0.1) is 35.3 Å². The second kappa shape index (κ2) is 10.1. The van der Waals surface area contributed by atoms with Crippen LogP contribution in [0.5, 0.6) is 0 Å². The predicted octanol–water partition coefficient (Wildman–Crippen LogP) is 4.27. The molecule has 0 bridgehead atoms. The number of nitrogens with zero attached hydrogens (tertiary/aromatic N) is 1. The van der Waals surface area contributed by atoms with E-state index in [-0.39, 0.29) is 41.6 Å². The third-order valence-electron chi connectivity index (χ3n) is 4.33. The van der Waals surface area contributed by atoms with E-state index < -0.39 is 16.0 Å². The zero-order valence-electron chi connectivity index (χ0n) is 16.7. The van der Waals surface area contributed by atoms with Crippen LogP contribution < -0.4 is 9.62 Å². The van der Waals surface area contributed by atoms with Gasteiger partial charge in [-0.05, 0) is 49.2 Å². The Morgan fingerprint density at radius 2 is 1.83 bits per heavy atom. The molecule has 10 heteroatoms. The summed E-state index contributed by atoms with van der Waals surface area (Å²) in [6, 6.07) is 9.41. The van der Waals surface area contributed by atoms with Gasteiger partial charge in [-0.15, -0.1) is 0 Å². The quantitative estimate of drug-likeness (QED) is 0.578. The van der Waals surface area contributed by atoms with Crippen molar-refractivity contribution in [3.63, 3.8) is 0 Å². The van der Waals surface area contributed by atoms with Gasteiger partial charge in [0.1, 0.15) is 0 Å². The molecule has 162 valence electrons. The zero-order valence-corrected chi connectivity index (χ0v) is 19.1. The van der Waals surface area contributed by atoms with Crippen molar-refractivity contribution in [2.45, 2.75) is 19.8 Å². The number of anilines is 2. The molecule has 0 atom stereocenters. The summed E-state index contributed by atoms with van der Waals surface area (Å²) >= 11 is 12.2. The Labute approximate surface area is 186 Å². The average Bonchev–Trinajstić information content (AvgIpc) is 2.68. The molecule has 0 spiro atoms. The van der Waals surface area contributed by atoms with Gasteiger partial charge in [-0.3, -0.25) is 9.10 Å². The minimum Gasteiger partial charge on any atom is -0.465 e. The van der Waals surface area contributed by atoms with Crippen molar-refractivity contribution >= 4 is 56.5 Å². The van der Waals surface area contributed by atoms with Crippen LogP contribution in [0.4, 0.5) is 11.4 Å². The first-order valence-corrected chi connectivity index (χ1v) is 11.6. The van der Waals surface area contributed by atoms with Crippen LogP contribution in [0.25, 0.3) is 0 Å². The molecule has 2 aromatic carbocycles. The fourth-order valence-electron chi connectivity index (χ4n) is 2.79. The number of esters is 1. The molecule has 30 heavy (non-hydrogen) atoms. The maximum atomic E-state index is 12.3. The Morgan fingerprint density at radius 1 is 1.13 bits per heavy atom. The summed E-state index contributed by atoms with van der Waals surface area (Å²) in [7, 11) is -2.31. The maximum Gasteiger partial charge on any atom is 0.337 e. The molecule has 0 radical (unpaired) electrons. The van der Waals surface area contributed by atoms with Crippen LogP contribution in [-0.4, -0.2) is 40.2 Å². The number of hydrogen-bond donors (Lipinski definition) is 1. The van der Waals surface area contributed by atoms with Gasteiger partial charge >= 0.3 is 5.97 Å². The van der Waals surface area contributed by atoms with Gasteiger partial charge in [0.25, 0.3) is 0 Å². The van der Waals surface area contributed by atoms with Crippen LogP contribution in [0, 0.1) is 6.92 Å². The molecule has 0 fully saturated rings. The lowest BCUT2D eigenvalue weighted by Crippen LogP contribution is -2.32. The molecule has 2 aromatic rings. The first-order chi connectivity index (χ1) is 14.0. The standard InChI is InChI=1S/C20H22Cl2N2O5S/c1-13-15(21)6-4-7-18(13)24(30(3,27)28)11-5-8-19(25)23-17-12-14(20(26)29-2)9-10-16(17)22/h4,6-7,9-10,12H,5,8,11H2,1-3H3,(H,23,25). The van der Waals surface area contributed by atoms with E-state index in [1.165, 1.54) is 29.6 Å². The van der Waals surface area contributed by atoms with Crippen molar-refractivity contribution < 1.29 is 22.7 Å². The second-order valence-electron chi connectivity index (χ2n) is 6.56. The van der Waals surface area contributed by atoms with Crippen molar-refractivity contribution in [3.8, 4) is 0 Å². The van der Waals surface area contributed by atoms with Gasteiger partial charge in [-0.1, -0.05) is 29.3 Å². The van der Waals surface area contributed by atoms with Crippen LogP contribution in [0.3, 0.4) is 0 Å². The highest BCUT2D eigenvalue weighted by molar-refractivity contribution is 7.92. The van der Waals surface area contributed by atoms with E-state index >= 15 is 0 Å². The number of nitrogens with one attached hydrogen (secondary N) is 1. The number of carbonyl (C=O) groups is 2. The fourth-order valence-corrected chi connectivity index (χ4v) is 4.14. The molecular weight excluding hydrogens is 451 g/mol. The highest BCUT2D eigenvalue weighted by Crippen LogP contribution is 2.28. The van der Waals surface area contributed by atoms with Crippen LogP contribution in [-0.2, 0) is 19.6 Å². The molecule has 0 unspecified atom stereocenters. The first kappa shape index (κ1) is 24.0. The van der Waals surface area contributed by atoms with Crippen LogP contribution in [0.15, 0.2) is 36.4 Å². The lowest BCUT2D eigenvalue weighted by molar-refractivity contribution is -0.116. The van der Waals surface area contributed by atoms with Gasteiger partial charge in [0, 0.05) is 18.0 Å². The molecule has 0 aliphatic carbocycles. The predicted molar refractivity (Wildman–Crippen MR) is 119 cm³/mol. The largest absolute Gasteiger partial charge is 0.465 e. The van der Waals surface area contributed by atoms with Gasteiger partial charge in [-0.25, -0.2) is 13.2 Å². The number of hydrogen-bond acceptors (Lipinski definition) is 5. The van der Waals surface area contributed by atoms with Crippen molar-refractivity contribution in [2.24, 2.45) is 0 Å². The van der Waals surface area contributed by atoms with E-state index in [1.807, 2.05) is 0 Å². The minimum absolute atomic E-state index is 0.0460. The van der Waals surface area contributed by atoms with Crippen LogP contribution >= 0.6 is 23.2 Å². The number of amides is 1. The maximum absolute atomic E-state index is 12.3. The summed E-state index contributed by atoms with van der Waals surface area (Å²) in [4.78, 5) is 24.0. The van der Waals surface area contributed by atoms with E-state index in [0.29, 0.717) is 16.3 Å². The van der Waals surface area contributed by atoms with Crippen LogP contribution in [0.1, 0.15) is 28.8 Å². The first-order valence-electron chi connectivity index (χ1n) is 8.95. The number of ether oxygens (including phenoxy) is 1. The van der Waals surface area contributed by atoms with E-state index in [4.69, 9.17) is 23.2 Å². The van der Waals surface area contributed by atoms with E-state index in [1.54, 1.807) is 25.1 Å². The van der Waals surface area contributed by atoms with Gasteiger partial charge in [-0.2, -0.15) is 0 Å². The summed E-state index contributed by atoms with van der Waals surface area (Å²) < 4.78 is 30.4. The van der Waals surface area contributed by atoms with Crippen molar-refractivity contribution in [3.05, 3.63) is 57.6 Å². The summed E-state index contributed by atoms with van der Waals surface area (Å²) in [6.45, 7) is 1.84. The van der Waals surface area contributed by atoms with Gasteiger partial charge < -0.3 is 10.1 Å². The highest BCUT2D eigenvalue weighted by atomic mass is 35.5. The number of sulfonamides is 1. The minimum atomic E-state index is -3.57. The summed E-state index contributed by atoms with van der Waals surface area (Å²) in [5.41, 5.74) is 1.63. The molecular formula is C20H22Cl2N2O5S. The third-order valence-corrected chi connectivity index (χ3v) is 6.25. The van der Waals surface area contributed by atoms with Crippen molar-refractivity contribution in [1.29, 1.82) is 0 Å². The molecule has 1 N–H and O–H groups in total. The monoisotopic (exact) mass is 472 g/mol. The van der Waals surface area contributed by atoms with E-state index in [2.05, 4.69) is 10.1 Å². The van der Waals surface area contributed by atoms with Gasteiger partial charge in [0.2, 0.25) is 15.9 Å². The molecule has 0 saturated heterocycles. The molecule has 0 aromatic heterocycles. The molecule has 0 saturated carbocycles. The second-order valence-corrected chi connectivity index (χ2v) is 9.28. The SMILES string of the molecule is COC(=O)c1ccc(Cl)c(NC(=O)CCCN(c2cccc(Cl)c2C)S(C)(=O)=O)c1. The Hall–Kier alpha value is -2.29. The molecule has 7 nitrogen and oxygen atoms in total. The number of methoxy groups -OCH3 is 1. The topological polar surface area (TPSA) is 92.8 Å². The molecule has 2 rings (SSSR count). The molecule has 1 amide bonds. The Morgan fingerprint density at radius 3 is 2.47 bits per heavy atom. The summed E-state index contributed by atoms with van der Waals surface area (Å²) in [5, 5.41) is 3.36. The smallest absolute Gasteiger partial charge is 0.337 e. The number of benzene rings is 2. The van der Waals surface area contributed by atoms with E-state index in [0.717, 1.165) is 6.26 Å². The number of carbonyl (C=O) groups excluding carboxylic acids is 2. The third kappa shape index (κ3) is 6.10. The van der Waals surface area contributed by atoms with Crippen molar-refractivity contribution in [1.82, 2.24) is 0 Å². The number of rotatable bonds is 8. The fraction of sp³-hybridized carbons (Fsp3) is 0.300. The lowest BCUT2D eigenvalue weighted by atomic mass is 10.2. The summed E-state index contributed by atoms with van der Waals surface area (Å²) in [5.74, 6) is -0.918. The zero-order chi connectivity index (χ0) is 22.5. The van der Waals surface area contributed by atoms with Crippen LogP contribution in [0.2, 0.25) is 10.0 Å². The molecule has 0 aliphatic rings. The normalized spacial score (nSPS) is 11.1.